The third-order valence-corrected chi connectivity index (χ3v) is 3.81. The van der Waals surface area contributed by atoms with Crippen LogP contribution in [0.1, 0.15) is 27.2 Å². The van der Waals surface area contributed by atoms with Crippen molar-refractivity contribution in [2.75, 3.05) is 5.32 Å². The molecule has 3 rings (SSSR count). The van der Waals surface area contributed by atoms with Gasteiger partial charge in [-0.15, -0.1) is 0 Å². The minimum atomic E-state index is 0.00965. The van der Waals surface area contributed by atoms with Crippen molar-refractivity contribution in [3.8, 4) is 16.8 Å². The standard InChI is InChI=1S/C19H23N5O/c1-4-9-23-13-17(6-8-19(23)25)24-12-16(11-21-24)15-5-7-18(20-10-15)22-14(2)3/h5-8,10-14H,4,9H2,1-3H3,(H,20,22). The number of rotatable bonds is 6. The van der Waals surface area contributed by atoms with Gasteiger partial charge in [0.15, 0.2) is 0 Å². The van der Waals surface area contributed by atoms with E-state index in [-0.39, 0.29) is 5.56 Å². The summed E-state index contributed by atoms with van der Waals surface area (Å²) in [7, 11) is 0. The molecule has 0 spiro atoms. The van der Waals surface area contributed by atoms with E-state index in [9.17, 15) is 4.79 Å². The number of aryl methyl sites for hydroxylation is 1. The summed E-state index contributed by atoms with van der Waals surface area (Å²) in [6, 6.07) is 7.71. The monoisotopic (exact) mass is 337 g/mol. The van der Waals surface area contributed by atoms with E-state index in [0.717, 1.165) is 29.1 Å². The minimum absolute atomic E-state index is 0.00965. The summed E-state index contributed by atoms with van der Waals surface area (Å²) >= 11 is 0. The van der Waals surface area contributed by atoms with Gasteiger partial charge in [-0.25, -0.2) is 9.67 Å². The fourth-order valence-electron chi connectivity index (χ4n) is 2.63. The molecule has 6 heteroatoms. The van der Waals surface area contributed by atoms with Crippen molar-refractivity contribution in [1.82, 2.24) is 19.3 Å². The van der Waals surface area contributed by atoms with E-state index in [1.54, 1.807) is 21.4 Å². The number of hydrogen-bond donors (Lipinski definition) is 1. The van der Waals surface area contributed by atoms with Crippen LogP contribution in [0.25, 0.3) is 16.8 Å². The van der Waals surface area contributed by atoms with Crippen molar-refractivity contribution in [3.63, 3.8) is 0 Å². The Bertz CT molecular complexity index is 893. The Balaban J connectivity index is 1.85. The number of nitrogens with zero attached hydrogens (tertiary/aromatic N) is 4. The molecule has 0 atom stereocenters. The molecule has 3 heterocycles. The van der Waals surface area contributed by atoms with Crippen LogP contribution < -0.4 is 10.9 Å². The van der Waals surface area contributed by atoms with Crippen LogP contribution >= 0.6 is 0 Å². The highest BCUT2D eigenvalue weighted by Gasteiger charge is 2.06. The summed E-state index contributed by atoms with van der Waals surface area (Å²) in [5.74, 6) is 0.859. The van der Waals surface area contributed by atoms with E-state index in [4.69, 9.17) is 0 Å². The van der Waals surface area contributed by atoms with Gasteiger partial charge in [-0.1, -0.05) is 6.92 Å². The predicted octanol–water partition coefficient (Wildman–Crippen LogP) is 3.33. The van der Waals surface area contributed by atoms with Gasteiger partial charge in [0.2, 0.25) is 0 Å². The quantitative estimate of drug-likeness (QED) is 0.749. The lowest BCUT2D eigenvalue weighted by atomic mass is 10.2. The van der Waals surface area contributed by atoms with Gasteiger partial charge in [-0.2, -0.15) is 5.10 Å². The van der Waals surface area contributed by atoms with E-state index >= 15 is 0 Å². The van der Waals surface area contributed by atoms with Crippen LogP contribution in [-0.4, -0.2) is 25.4 Å². The number of aromatic nitrogens is 4. The van der Waals surface area contributed by atoms with Gasteiger partial charge in [0.1, 0.15) is 5.82 Å². The molecule has 0 aromatic carbocycles. The van der Waals surface area contributed by atoms with Gasteiger partial charge in [0, 0.05) is 48.4 Å². The second-order valence-corrected chi connectivity index (χ2v) is 6.32. The number of nitrogens with one attached hydrogen (secondary N) is 1. The van der Waals surface area contributed by atoms with Gasteiger partial charge >= 0.3 is 0 Å². The molecule has 0 radical (unpaired) electrons. The van der Waals surface area contributed by atoms with Crippen LogP contribution in [-0.2, 0) is 6.54 Å². The first kappa shape index (κ1) is 17.0. The summed E-state index contributed by atoms with van der Waals surface area (Å²) in [5.41, 5.74) is 2.86. The van der Waals surface area contributed by atoms with Gasteiger partial charge in [0.05, 0.1) is 11.9 Å². The van der Waals surface area contributed by atoms with E-state index in [0.29, 0.717) is 12.6 Å². The Hall–Kier alpha value is -2.89. The first-order chi connectivity index (χ1) is 12.1. The summed E-state index contributed by atoms with van der Waals surface area (Å²) in [6.45, 7) is 6.92. The third kappa shape index (κ3) is 3.96. The Labute approximate surface area is 147 Å². The number of pyridine rings is 2. The highest BCUT2D eigenvalue weighted by molar-refractivity contribution is 5.62. The number of anilines is 1. The molecule has 0 saturated heterocycles. The van der Waals surface area contributed by atoms with E-state index in [2.05, 4.69) is 36.2 Å². The summed E-state index contributed by atoms with van der Waals surface area (Å²) in [6.07, 6.45) is 8.35. The first-order valence-electron chi connectivity index (χ1n) is 8.55. The van der Waals surface area contributed by atoms with Crippen molar-refractivity contribution >= 4 is 5.82 Å². The lowest BCUT2D eigenvalue weighted by molar-refractivity contribution is 0.648. The van der Waals surface area contributed by atoms with Gasteiger partial charge < -0.3 is 9.88 Å². The zero-order valence-corrected chi connectivity index (χ0v) is 14.8. The zero-order valence-electron chi connectivity index (χ0n) is 14.8. The van der Waals surface area contributed by atoms with Gasteiger partial charge in [-0.05, 0) is 38.5 Å². The molecule has 0 unspecified atom stereocenters. The Kier molecular flexibility index (Phi) is 4.97. The molecule has 0 amide bonds. The Morgan fingerprint density at radius 1 is 1.08 bits per heavy atom. The number of hydrogen-bond acceptors (Lipinski definition) is 4. The van der Waals surface area contributed by atoms with E-state index in [1.807, 2.05) is 36.9 Å². The normalized spacial score (nSPS) is 11.0. The highest BCUT2D eigenvalue weighted by Crippen LogP contribution is 2.20. The van der Waals surface area contributed by atoms with Crippen LogP contribution in [0.4, 0.5) is 5.82 Å². The van der Waals surface area contributed by atoms with Crippen molar-refractivity contribution < 1.29 is 0 Å². The van der Waals surface area contributed by atoms with Crippen molar-refractivity contribution in [1.29, 1.82) is 0 Å². The zero-order chi connectivity index (χ0) is 17.8. The third-order valence-electron chi connectivity index (χ3n) is 3.81. The topological polar surface area (TPSA) is 64.7 Å². The van der Waals surface area contributed by atoms with Crippen LogP contribution in [0.15, 0.2) is 53.8 Å². The summed E-state index contributed by atoms with van der Waals surface area (Å²) < 4.78 is 3.49. The maximum absolute atomic E-state index is 11.8. The van der Waals surface area contributed by atoms with Crippen LogP contribution in [0, 0.1) is 0 Å². The molecule has 1 N–H and O–H groups in total. The lowest BCUT2D eigenvalue weighted by Crippen LogP contribution is -2.19. The fraction of sp³-hybridized carbons (Fsp3) is 0.316. The Morgan fingerprint density at radius 2 is 1.92 bits per heavy atom. The average molecular weight is 337 g/mol. The largest absolute Gasteiger partial charge is 0.368 e. The molecular weight excluding hydrogens is 314 g/mol. The fourth-order valence-corrected chi connectivity index (χ4v) is 2.63. The minimum Gasteiger partial charge on any atom is -0.368 e. The van der Waals surface area contributed by atoms with Gasteiger partial charge in [-0.3, -0.25) is 4.79 Å². The summed E-state index contributed by atoms with van der Waals surface area (Å²) in [5, 5.41) is 7.70. The maximum Gasteiger partial charge on any atom is 0.250 e. The SMILES string of the molecule is CCCn1cc(-n2cc(-c3ccc(NC(C)C)nc3)cn2)ccc1=O. The van der Waals surface area contributed by atoms with E-state index < -0.39 is 0 Å². The molecule has 0 aliphatic heterocycles. The van der Waals surface area contributed by atoms with Crippen LogP contribution in [0.2, 0.25) is 0 Å². The molecule has 3 aromatic heterocycles. The lowest BCUT2D eigenvalue weighted by Gasteiger charge is -2.08. The predicted molar refractivity (Wildman–Crippen MR) is 100 cm³/mol. The average Bonchev–Trinajstić information content (AvgIpc) is 3.07. The molecule has 25 heavy (non-hydrogen) atoms. The highest BCUT2D eigenvalue weighted by atomic mass is 16.1. The van der Waals surface area contributed by atoms with Crippen LogP contribution in [0.5, 0.6) is 0 Å². The molecule has 0 aliphatic carbocycles. The van der Waals surface area contributed by atoms with Crippen molar-refractivity contribution in [2.24, 2.45) is 0 Å². The smallest absolute Gasteiger partial charge is 0.250 e. The van der Waals surface area contributed by atoms with Gasteiger partial charge in [0.25, 0.3) is 5.56 Å². The van der Waals surface area contributed by atoms with E-state index in [1.165, 1.54) is 0 Å². The first-order valence-corrected chi connectivity index (χ1v) is 8.55. The molecule has 0 aliphatic rings. The van der Waals surface area contributed by atoms with Crippen LogP contribution in [0.3, 0.4) is 0 Å². The molecule has 0 bridgehead atoms. The summed E-state index contributed by atoms with van der Waals surface area (Å²) in [4.78, 5) is 16.3. The Morgan fingerprint density at radius 3 is 2.60 bits per heavy atom. The molecule has 3 aromatic rings. The second-order valence-electron chi connectivity index (χ2n) is 6.32. The molecule has 0 saturated carbocycles. The molecule has 6 nitrogen and oxygen atoms in total. The molecular formula is C19H23N5O. The van der Waals surface area contributed by atoms with Crippen molar-refractivity contribution in [3.05, 3.63) is 59.4 Å². The molecule has 130 valence electrons. The van der Waals surface area contributed by atoms with Crippen molar-refractivity contribution in [2.45, 2.75) is 39.8 Å². The second kappa shape index (κ2) is 7.34. The molecule has 0 fully saturated rings. The maximum atomic E-state index is 11.8.